The topological polar surface area (TPSA) is 98.7 Å². The first-order chi connectivity index (χ1) is 8.88. The van der Waals surface area contributed by atoms with Gasteiger partial charge in [0.2, 0.25) is 5.91 Å². The molecule has 0 spiro atoms. The van der Waals surface area contributed by atoms with Gasteiger partial charge in [0.15, 0.2) is 0 Å². The van der Waals surface area contributed by atoms with Crippen molar-refractivity contribution < 1.29 is 19.5 Å². The molecular weight excluding hydrogens is 250 g/mol. The summed E-state index contributed by atoms with van der Waals surface area (Å²) in [5, 5.41) is 14.2. The zero-order chi connectivity index (χ0) is 14.4. The number of carbonyl (C=O) groups excluding carboxylic acids is 2. The Labute approximate surface area is 112 Å². The lowest BCUT2D eigenvalue weighted by Crippen LogP contribution is -2.53. The molecule has 3 amide bonds. The minimum atomic E-state index is -1.03. The van der Waals surface area contributed by atoms with Crippen LogP contribution in [0.2, 0.25) is 0 Å². The zero-order valence-corrected chi connectivity index (χ0v) is 11.3. The van der Waals surface area contributed by atoms with Gasteiger partial charge in [0.1, 0.15) is 6.54 Å². The number of nitrogens with zero attached hydrogens (tertiary/aromatic N) is 1. The highest BCUT2D eigenvalue weighted by atomic mass is 16.4. The Morgan fingerprint density at radius 1 is 1.53 bits per heavy atom. The van der Waals surface area contributed by atoms with Crippen molar-refractivity contribution in [2.75, 3.05) is 19.6 Å². The van der Waals surface area contributed by atoms with Crippen molar-refractivity contribution in [2.24, 2.45) is 5.92 Å². The van der Waals surface area contributed by atoms with Gasteiger partial charge in [-0.05, 0) is 12.3 Å². The molecule has 1 aliphatic heterocycles. The van der Waals surface area contributed by atoms with Gasteiger partial charge in [-0.15, -0.1) is 0 Å². The minimum absolute atomic E-state index is 0.0185. The van der Waals surface area contributed by atoms with Gasteiger partial charge in [0.05, 0.1) is 0 Å². The van der Waals surface area contributed by atoms with Crippen LogP contribution in [0.3, 0.4) is 0 Å². The third-order valence-corrected chi connectivity index (χ3v) is 2.79. The number of amides is 3. The largest absolute Gasteiger partial charge is 0.480 e. The van der Waals surface area contributed by atoms with Crippen LogP contribution in [0.15, 0.2) is 0 Å². The molecule has 0 bridgehead atoms. The molecule has 1 unspecified atom stereocenters. The van der Waals surface area contributed by atoms with Crippen LogP contribution in [0.1, 0.15) is 26.7 Å². The maximum Gasteiger partial charge on any atom is 0.323 e. The van der Waals surface area contributed by atoms with Gasteiger partial charge < -0.3 is 20.6 Å². The van der Waals surface area contributed by atoms with Gasteiger partial charge in [-0.3, -0.25) is 9.59 Å². The molecule has 1 saturated heterocycles. The molecule has 1 aliphatic rings. The van der Waals surface area contributed by atoms with E-state index >= 15 is 0 Å². The number of carboxylic acids is 1. The standard InChI is InChI=1S/C12H21N3O4/c1-8(2)6-15(7-11(17)18)12(19)14-9-3-4-10(16)13-5-9/h8-9H,3-7H2,1-2H3,(H,13,16)(H,14,19)(H,17,18). The average Bonchev–Trinajstić information content (AvgIpc) is 2.30. The van der Waals surface area contributed by atoms with Gasteiger partial charge >= 0.3 is 12.0 Å². The highest BCUT2D eigenvalue weighted by Gasteiger charge is 2.23. The van der Waals surface area contributed by atoms with E-state index in [1.807, 2.05) is 13.8 Å². The van der Waals surface area contributed by atoms with Gasteiger partial charge in [-0.1, -0.05) is 13.8 Å². The van der Waals surface area contributed by atoms with E-state index in [0.29, 0.717) is 25.9 Å². The predicted molar refractivity (Wildman–Crippen MR) is 68.6 cm³/mol. The maximum absolute atomic E-state index is 12.0. The summed E-state index contributed by atoms with van der Waals surface area (Å²) in [7, 11) is 0. The first-order valence-electron chi connectivity index (χ1n) is 6.42. The summed E-state index contributed by atoms with van der Waals surface area (Å²) >= 11 is 0. The second kappa shape index (κ2) is 6.96. The molecular formula is C12H21N3O4. The first kappa shape index (κ1) is 15.3. The van der Waals surface area contributed by atoms with E-state index in [0.717, 1.165) is 0 Å². The third kappa shape index (κ3) is 5.58. The number of urea groups is 1. The smallest absolute Gasteiger partial charge is 0.323 e. The number of carbonyl (C=O) groups is 3. The normalized spacial score (nSPS) is 18.9. The highest BCUT2D eigenvalue weighted by molar-refractivity contribution is 5.81. The van der Waals surface area contributed by atoms with Crippen LogP contribution in [0, 0.1) is 5.92 Å². The number of nitrogens with one attached hydrogen (secondary N) is 2. The van der Waals surface area contributed by atoms with Crippen LogP contribution in [0.4, 0.5) is 4.79 Å². The second-order valence-electron chi connectivity index (χ2n) is 5.16. The lowest BCUT2D eigenvalue weighted by atomic mass is 10.1. The highest BCUT2D eigenvalue weighted by Crippen LogP contribution is 2.05. The van der Waals surface area contributed by atoms with E-state index in [9.17, 15) is 14.4 Å². The quantitative estimate of drug-likeness (QED) is 0.656. The summed E-state index contributed by atoms with van der Waals surface area (Å²) in [5.74, 6) is -0.862. The van der Waals surface area contributed by atoms with Gasteiger partial charge in [-0.25, -0.2) is 4.79 Å². The zero-order valence-electron chi connectivity index (χ0n) is 11.3. The summed E-state index contributed by atoms with van der Waals surface area (Å²) in [5.41, 5.74) is 0. The molecule has 0 aromatic rings. The van der Waals surface area contributed by atoms with Crippen molar-refractivity contribution in [3.05, 3.63) is 0 Å². The van der Waals surface area contributed by atoms with Crippen LogP contribution in [-0.4, -0.2) is 53.6 Å². The van der Waals surface area contributed by atoms with Gasteiger partial charge in [-0.2, -0.15) is 0 Å². The molecule has 108 valence electrons. The minimum Gasteiger partial charge on any atom is -0.480 e. The van der Waals surface area contributed by atoms with E-state index < -0.39 is 12.0 Å². The fraction of sp³-hybridized carbons (Fsp3) is 0.750. The van der Waals surface area contributed by atoms with Crippen LogP contribution in [-0.2, 0) is 9.59 Å². The van der Waals surface area contributed by atoms with Crippen LogP contribution < -0.4 is 10.6 Å². The lowest BCUT2D eigenvalue weighted by Gasteiger charge is -2.28. The Kier molecular flexibility index (Phi) is 5.59. The molecule has 0 aromatic carbocycles. The van der Waals surface area contributed by atoms with E-state index in [2.05, 4.69) is 10.6 Å². The van der Waals surface area contributed by atoms with Gasteiger partial charge in [0.25, 0.3) is 0 Å². The molecule has 1 fully saturated rings. The number of hydrogen-bond acceptors (Lipinski definition) is 3. The molecule has 1 heterocycles. The molecule has 19 heavy (non-hydrogen) atoms. The molecule has 1 atom stereocenters. The molecule has 0 aliphatic carbocycles. The van der Waals surface area contributed by atoms with Crippen LogP contribution in [0.25, 0.3) is 0 Å². The van der Waals surface area contributed by atoms with E-state index in [1.54, 1.807) is 0 Å². The molecule has 3 N–H and O–H groups in total. The van der Waals surface area contributed by atoms with E-state index in [1.165, 1.54) is 4.90 Å². The Hall–Kier alpha value is -1.79. The van der Waals surface area contributed by atoms with Crippen molar-refractivity contribution in [3.63, 3.8) is 0 Å². The van der Waals surface area contributed by atoms with Crippen LogP contribution in [0.5, 0.6) is 0 Å². The Morgan fingerprint density at radius 3 is 2.68 bits per heavy atom. The van der Waals surface area contributed by atoms with E-state index in [4.69, 9.17) is 5.11 Å². The average molecular weight is 271 g/mol. The third-order valence-electron chi connectivity index (χ3n) is 2.79. The summed E-state index contributed by atoms with van der Waals surface area (Å²) in [6.45, 7) is 4.30. The summed E-state index contributed by atoms with van der Waals surface area (Å²) in [6, 6.07) is -0.522. The number of carboxylic acid groups (broad SMARTS) is 1. The number of aliphatic carboxylic acids is 1. The van der Waals surface area contributed by atoms with Crippen LogP contribution >= 0.6 is 0 Å². The molecule has 1 rings (SSSR count). The molecule has 0 radical (unpaired) electrons. The fourth-order valence-electron chi connectivity index (χ4n) is 1.95. The van der Waals surface area contributed by atoms with Gasteiger partial charge in [0, 0.05) is 25.6 Å². The first-order valence-corrected chi connectivity index (χ1v) is 6.42. The number of rotatable bonds is 5. The maximum atomic E-state index is 12.0. The van der Waals surface area contributed by atoms with E-state index in [-0.39, 0.29) is 24.4 Å². The van der Waals surface area contributed by atoms with Crippen molar-refractivity contribution in [3.8, 4) is 0 Å². The number of piperidine rings is 1. The molecule has 7 heteroatoms. The predicted octanol–water partition coefficient (Wildman–Crippen LogP) is 0.0172. The summed E-state index contributed by atoms with van der Waals surface area (Å²) in [6.07, 6.45) is 0.966. The lowest BCUT2D eigenvalue weighted by molar-refractivity contribution is -0.137. The Morgan fingerprint density at radius 2 is 2.21 bits per heavy atom. The number of hydrogen-bond donors (Lipinski definition) is 3. The summed E-state index contributed by atoms with van der Waals surface area (Å²) < 4.78 is 0. The summed E-state index contributed by atoms with van der Waals surface area (Å²) in [4.78, 5) is 35.0. The molecule has 7 nitrogen and oxygen atoms in total. The second-order valence-corrected chi connectivity index (χ2v) is 5.16. The fourth-order valence-corrected chi connectivity index (χ4v) is 1.95. The van der Waals surface area contributed by atoms with Crippen molar-refractivity contribution >= 4 is 17.9 Å². The molecule has 0 aromatic heterocycles. The Balaban J connectivity index is 2.50. The molecule has 0 saturated carbocycles. The van der Waals surface area contributed by atoms with Crippen molar-refractivity contribution in [1.29, 1.82) is 0 Å². The Bertz CT molecular complexity index is 347. The monoisotopic (exact) mass is 271 g/mol. The van der Waals surface area contributed by atoms with Crippen molar-refractivity contribution in [2.45, 2.75) is 32.7 Å². The van der Waals surface area contributed by atoms with Crippen molar-refractivity contribution in [1.82, 2.24) is 15.5 Å². The SMILES string of the molecule is CC(C)CN(CC(=O)O)C(=O)NC1CCC(=O)NC1.